The van der Waals surface area contributed by atoms with Gasteiger partial charge in [0.25, 0.3) is 5.56 Å². The van der Waals surface area contributed by atoms with Gasteiger partial charge >= 0.3 is 5.69 Å². The van der Waals surface area contributed by atoms with Gasteiger partial charge in [0.15, 0.2) is 0 Å². The number of hydrogen-bond acceptors (Lipinski definition) is 5. The van der Waals surface area contributed by atoms with E-state index in [1.54, 1.807) is 35.6 Å². The Kier molecular flexibility index (Phi) is 9.04. The molecule has 2 amide bonds. The van der Waals surface area contributed by atoms with Crippen molar-refractivity contribution in [3.05, 3.63) is 103 Å². The van der Waals surface area contributed by atoms with Crippen LogP contribution in [0.1, 0.15) is 29.7 Å². The van der Waals surface area contributed by atoms with E-state index >= 15 is 0 Å². The van der Waals surface area contributed by atoms with Gasteiger partial charge in [-0.05, 0) is 48.4 Å². The van der Waals surface area contributed by atoms with Crippen LogP contribution in [0.5, 0.6) is 0 Å². The number of unbranched alkanes of at least 4 members (excludes halogenated alkanes) is 1. The number of thiophene rings is 1. The van der Waals surface area contributed by atoms with Crippen molar-refractivity contribution in [3.63, 3.8) is 0 Å². The van der Waals surface area contributed by atoms with Gasteiger partial charge in [-0.2, -0.15) is 0 Å². The molecule has 4 rings (SSSR count). The topological polar surface area (TPSA) is 102 Å². The van der Waals surface area contributed by atoms with Crippen LogP contribution < -0.4 is 21.9 Å². The summed E-state index contributed by atoms with van der Waals surface area (Å²) in [6.45, 7) is 0.943. The molecule has 0 saturated carbocycles. The van der Waals surface area contributed by atoms with Crippen molar-refractivity contribution in [2.75, 3.05) is 6.54 Å². The van der Waals surface area contributed by atoms with E-state index in [0.29, 0.717) is 49.7 Å². The number of rotatable bonds is 12. The van der Waals surface area contributed by atoms with Crippen molar-refractivity contribution >= 4 is 34.1 Å². The van der Waals surface area contributed by atoms with Gasteiger partial charge in [-0.3, -0.25) is 23.5 Å². The maximum absolute atomic E-state index is 13.3. The Balaban J connectivity index is 1.38. The van der Waals surface area contributed by atoms with Crippen molar-refractivity contribution in [3.8, 4) is 0 Å². The molecule has 2 N–H and O–H groups in total. The highest BCUT2D eigenvalue weighted by Crippen LogP contribution is 2.09. The zero-order valence-corrected chi connectivity index (χ0v) is 21.3. The van der Waals surface area contributed by atoms with Crippen LogP contribution in [0.15, 0.2) is 81.7 Å². The molecule has 0 atom stereocenters. The fourth-order valence-corrected chi connectivity index (χ4v) is 4.80. The van der Waals surface area contributed by atoms with Gasteiger partial charge in [0.2, 0.25) is 11.8 Å². The molecule has 2 heterocycles. The Hall–Kier alpha value is -3.98. The molecular formula is C28H30N4O4S. The van der Waals surface area contributed by atoms with Crippen molar-refractivity contribution in [1.82, 2.24) is 19.8 Å². The molecule has 0 radical (unpaired) electrons. The van der Waals surface area contributed by atoms with E-state index in [4.69, 9.17) is 0 Å². The fraction of sp³-hybridized carbons (Fsp3) is 0.286. The largest absolute Gasteiger partial charge is 0.354 e. The first-order valence-electron chi connectivity index (χ1n) is 12.3. The minimum absolute atomic E-state index is 0.0659. The van der Waals surface area contributed by atoms with Crippen LogP contribution in [0, 0.1) is 0 Å². The first-order valence-corrected chi connectivity index (χ1v) is 13.2. The van der Waals surface area contributed by atoms with Gasteiger partial charge in [0, 0.05) is 24.4 Å². The van der Waals surface area contributed by atoms with Crippen molar-refractivity contribution in [2.24, 2.45) is 0 Å². The van der Waals surface area contributed by atoms with Crippen molar-refractivity contribution in [1.29, 1.82) is 0 Å². The Morgan fingerprint density at radius 1 is 0.811 bits per heavy atom. The normalized spacial score (nSPS) is 10.9. The summed E-state index contributed by atoms with van der Waals surface area (Å²) in [6, 6.07) is 20.5. The monoisotopic (exact) mass is 518 g/mol. The van der Waals surface area contributed by atoms with Gasteiger partial charge in [-0.1, -0.05) is 48.5 Å². The second kappa shape index (κ2) is 12.8. The number of nitrogens with zero attached hydrogens (tertiary/aromatic N) is 2. The second-order valence-electron chi connectivity index (χ2n) is 8.74. The number of hydrogen-bond donors (Lipinski definition) is 2. The number of carbonyl (C=O) groups is 2. The Morgan fingerprint density at radius 3 is 2.38 bits per heavy atom. The SMILES string of the molecule is O=C(CCCCn1c(=O)c2ccccc2n(CC(=O)NCCc2ccccc2)c1=O)NCc1cccs1. The van der Waals surface area contributed by atoms with Gasteiger partial charge < -0.3 is 10.6 Å². The molecule has 192 valence electrons. The van der Waals surface area contributed by atoms with E-state index in [1.165, 1.54) is 9.13 Å². The zero-order chi connectivity index (χ0) is 26.0. The second-order valence-corrected chi connectivity index (χ2v) is 9.77. The average Bonchev–Trinajstić information content (AvgIpc) is 3.44. The highest BCUT2D eigenvalue weighted by molar-refractivity contribution is 7.09. The van der Waals surface area contributed by atoms with Crippen LogP contribution in [-0.4, -0.2) is 27.5 Å². The van der Waals surface area contributed by atoms with E-state index in [9.17, 15) is 19.2 Å². The third kappa shape index (κ3) is 7.04. The lowest BCUT2D eigenvalue weighted by Crippen LogP contribution is -2.43. The minimum atomic E-state index is -0.524. The van der Waals surface area contributed by atoms with E-state index in [0.717, 1.165) is 10.4 Å². The maximum Gasteiger partial charge on any atom is 0.331 e. The zero-order valence-electron chi connectivity index (χ0n) is 20.5. The fourth-order valence-electron chi connectivity index (χ4n) is 4.15. The van der Waals surface area contributed by atoms with Gasteiger partial charge in [0.05, 0.1) is 17.4 Å². The lowest BCUT2D eigenvalue weighted by Gasteiger charge is -2.14. The first kappa shape index (κ1) is 26.1. The molecule has 0 fully saturated rings. The number of benzene rings is 2. The predicted octanol–water partition coefficient (Wildman–Crippen LogP) is 3.07. The molecule has 9 heteroatoms. The molecule has 0 aliphatic carbocycles. The molecule has 37 heavy (non-hydrogen) atoms. The average molecular weight is 519 g/mol. The number of amides is 2. The smallest absolute Gasteiger partial charge is 0.331 e. The number of nitrogens with one attached hydrogen (secondary N) is 2. The van der Waals surface area contributed by atoms with Crippen LogP contribution in [0.4, 0.5) is 0 Å². The molecule has 2 aromatic heterocycles. The summed E-state index contributed by atoms with van der Waals surface area (Å²) in [5, 5.41) is 8.09. The quantitative estimate of drug-likeness (QED) is 0.282. The summed E-state index contributed by atoms with van der Waals surface area (Å²) >= 11 is 1.58. The van der Waals surface area contributed by atoms with Gasteiger partial charge in [-0.25, -0.2) is 4.79 Å². The van der Waals surface area contributed by atoms with Crippen LogP contribution in [0.25, 0.3) is 10.9 Å². The third-order valence-corrected chi connectivity index (χ3v) is 6.96. The molecule has 4 aromatic rings. The number of fused-ring (bicyclic) bond motifs is 1. The van der Waals surface area contributed by atoms with E-state index in [-0.39, 0.29) is 30.5 Å². The summed E-state index contributed by atoms with van der Waals surface area (Å²) < 4.78 is 2.52. The number of para-hydroxylation sites is 1. The number of aromatic nitrogens is 2. The van der Waals surface area contributed by atoms with E-state index < -0.39 is 5.69 Å². The molecule has 0 aliphatic rings. The van der Waals surface area contributed by atoms with Gasteiger partial charge in [0.1, 0.15) is 6.54 Å². The standard InChI is InChI=1S/C28H30N4O4S/c33-25(30-19-22-11-8-18-37-22)14-6-7-17-31-27(35)23-12-4-5-13-24(23)32(28(31)36)20-26(34)29-16-15-21-9-2-1-3-10-21/h1-5,8-13,18H,6-7,14-17,19-20H2,(H,29,34)(H,30,33). The van der Waals surface area contributed by atoms with Crippen molar-refractivity contribution < 1.29 is 9.59 Å². The predicted molar refractivity (Wildman–Crippen MR) is 146 cm³/mol. The van der Waals surface area contributed by atoms with E-state index in [2.05, 4.69) is 10.6 Å². The minimum Gasteiger partial charge on any atom is -0.354 e. The molecular weight excluding hydrogens is 488 g/mol. The Morgan fingerprint density at radius 2 is 1.59 bits per heavy atom. The van der Waals surface area contributed by atoms with Crippen LogP contribution in [0.2, 0.25) is 0 Å². The molecule has 0 unspecified atom stereocenters. The molecule has 0 bridgehead atoms. The summed E-state index contributed by atoms with van der Waals surface area (Å²) in [7, 11) is 0. The first-order chi connectivity index (χ1) is 18.0. The third-order valence-electron chi connectivity index (χ3n) is 6.09. The lowest BCUT2D eigenvalue weighted by molar-refractivity contribution is -0.122. The van der Waals surface area contributed by atoms with Gasteiger partial charge in [-0.15, -0.1) is 11.3 Å². The Bertz CT molecular complexity index is 1460. The van der Waals surface area contributed by atoms with E-state index in [1.807, 2.05) is 47.8 Å². The highest BCUT2D eigenvalue weighted by Gasteiger charge is 2.15. The van der Waals surface area contributed by atoms with Crippen LogP contribution >= 0.6 is 11.3 Å². The molecule has 8 nitrogen and oxygen atoms in total. The molecule has 0 aliphatic heterocycles. The summed E-state index contributed by atoms with van der Waals surface area (Å²) in [4.78, 5) is 52.2. The van der Waals surface area contributed by atoms with Crippen LogP contribution in [0.3, 0.4) is 0 Å². The molecule has 0 saturated heterocycles. The summed E-state index contributed by atoms with van der Waals surface area (Å²) in [5.41, 5.74) is 0.631. The maximum atomic E-state index is 13.3. The van der Waals surface area contributed by atoms with Crippen LogP contribution in [-0.2, 0) is 35.6 Å². The molecule has 2 aromatic carbocycles. The highest BCUT2D eigenvalue weighted by atomic mass is 32.1. The summed E-state index contributed by atoms with van der Waals surface area (Å²) in [6.07, 6.45) is 2.02. The Labute approximate surface area is 218 Å². The lowest BCUT2D eigenvalue weighted by atomic mass is 10.1. The van der Waals surface area contributed by atoms with Crippen molar-refractivity contribution in [2.45, 2.75) is 45.3 Å². The molecule has 0 spiro atoms. The number of carbonyl (C=O) groups excluding carboxylic acids is 2. The summed E-state index contributed by atoms with van der Waals surface area (Å²) in [5.74, 6) is -0.361.